The number of aryl methyl sites for hydroxylation is 1. The van der Waals surface area contributed by atoms with Crippen molar-refractivity contribution in [3.63, 3.8) is 0 Å². The molecule has 0 spiro atoms. The second-order valence-corrected chi connectivity index (χ2v) is 5.79. The van der Waals surface area contributed by atoms with Crippen molar-refractivity contribution in [2.45, 2.75) is 12.8 Å². The normalized spacial score (nSPS) is 12.0. The summed E-state index contributed by atoms with van der Waals surface area (Å²) < 4.78 is 15.1. The molecular weight excluding hydrogens is 320 g/mol. The third-order valence-corrected chi connectivity index (χ3v) is 4.11. The van der Waals surface area contributed by atoms with Gasteiger partial charge in [-0.05, 0) is 24.1 Å². The molecule has 1 aromatic carbocycles. The van der Waals surface area contributed by atoms with Crippen molar-refractivity contribution >= 4 is 28.3 Å². The van der Waals surface area contributed by atoms with Crippen LogP contribution in [0.25, 0.3) is 0 Å². The monoisotopic (exact) mass is 334 g/mol. The number of rotatable bonds is 5. The standard InChI is InChI=1S/C15H14N2O5S/c1-20-14(19)12-7-16-15(23-12)17-13(18)5-3-9-2-4-10-11(6-9)22-8-21-10/h2,4,6-7H,3,5,8H2,1H3,(H,16,17,18). The van der Waals surface area contributed by atoms with Crippen LogP contribution in [0.1, 0.15) is 21.7 Å². The Morgan fingerprint density at radius 2 is 2.17 bits per heavy atom. The van der Waals surface area contributed by atoms with Crippen molar-refractivity contribution in [1.29, 1.82) is 0 Å². The lowest BCUT2D eigenvalue weighted by atomic mass is 10.1. The first kappa shape index (κ1) is 15.3. The Balaban J connectivity index is 1.53. The van der Waals surface area contributed by atoms with Gasteiger partial charge in [0.2, 0.25) is 12.7 Å². The molecule has 1 aliphatic heterocycles. The predicted octanol–water partition coefficient (Wildman–Crippen LogP) is 2.23. The highest BCUT2D eigenvalue weighted by Crippen LogP contribution is 2.32. The Morgan fingerprint density at radius 1 is 1.35 bits per heavy atom. The summed E-state index contributed by atoms with van der Waals surface area (Å²) in [7, 11) is 1.30. The van der Waals surface area contributed by atoms with Gasteiger partial charge < -0.3 is 19.5 Å². The molecule has 7 nitrogen and oxygen atoms in total. The van der Waals surface area contributed by atoms with E-state index < -0.39 is 5.97 Å². The van der Waals surface area contributed by atoms with Crippen LogP contribution in [0.3, 0.4) is 0 Å². The van der Waals surface area contributed by atoms with Crippen LogP contribution >= 0.6 is 11.3 Å². The number of hydrogen-bond donors (Lipinski definition) is 1. The average molecular weight is 334 g/mol. The van der Waals surface area contributed by atoms with Gasteiger partial charge in [-0.25, -0.2) is 9.78 Å². The molecule has 0 radical (unpaired) electrons. The molecule has 0 atom stereocenters. The quantitative estimate of drug-likeness (QED) is 0.844. The fraction of sp³-hybridized carbons (Fsp3) is 0.267. The molecule has 0 saturated heterocycles. The number of nitrogens with one attached hydrogen (secondary N) is 1. The number of aromatic nitrogens is 1. The molecule has 0 bridgehead atoms. The molecule has 120 valence electrons. The lowest BCUT2D eigenvalue weighted by molar-refractivity contribution is -0.116. The van der Waals surface area contributed by atoms with Gasteiger partial charge in [-0.15, -0.1) is 0 Å². The fourth-order valence-corrected chi connectivity index (χ4v) is 2.81. The zero-order valence-corrected chi connectivity index (χ0v) is 13.1. The predicted molar refractivity (Wildman–Crippen MR) is 83.0 cm³/mol. The number of ether oxygens (including phenoxy) is 3. The molecule has 8 heteroatoms. The van der Waals surface area contributed by atoms with Crippen molar-refractivity contribution in [3.8, 4) is 11.5 Å². The first-order valence-electron chi connectivity index (χ1n) is 6.88. The van der Waals surface area contributed by atoms with Crippen molar-refractivity contribution in [2.75, 3.05) is 19.2 Å². The van der Waals surface area contributed by atoms with Gasteiger partial charge in [0.15, 0.2) is 16.6 Å². The van der Waals surface area contributed by atoms with Crippen LogP contribution in [-0.2, 0) is 16.0 Å². The van der Waals surface area contributed by atoms with E-state index in [2.05, 4.69) is 15.0 Å². The number of methoxy groups -OCH3 is 1. The molecule has 1 amide bonds. The summed E-state index contributed by atoms with van der Waals surface area (Å²) in [5, 5.41) is 3.04. The Kier molecular flexibility index (Phi) is 4.42. The number of amides is 1. The Hall–Kier alpha value is -2.61. The van der Waals surface area contributed by atoms with Crippen molar-refractivity contribution in [3.05, 3.63) is 34.8 Å². The summed E-state index contributed by atoms with van der Waals surface area (Å²) in [5.41, 5.74) is 0.985. The summed E-state index contributed by atoms with van der Waals surface area (Å²) in [6.45, 7) is 0.228. The number of anilines is 1. The van der Waals surface area contributed by atoms with E-state index in [4.69, 9.17) is 9.47 Å². The second kappa shape index (κ2) is 6.66. The lowest BCUT2D eigenvalue weighted by Crippen LogP contribution is -2.12. The number of benzene rings is 1. The van der Waals surface area contributed by atoms with Crippen LogP contribution in [0.5, 0.6) is 11.5 Å². The van der Waals surface area contributed by atoms with Gasteiger partial charge in [0, 0.05) is 6.42 Å². The molecule has 1 aliphatic rings. The number of nitrogens with zero attached hydrogens (tertiary/aromatic N) is 1. The second-order valence-electron chi connectivity index (χ2n) is 4.76. The van der Waals surface area contributed by atoms with Gasteiger partial charge in [-0.2, -0.15) is 0 Å². The van der Waals surface area contributed by atoms with Crippen molar-refractivity contribution < 1.29 is 23.8 Å². The van der Waals surface area contributed by atoms with E-state index in [-0.39, 0.29) is 12.7 Å². The zero-order chi connectivity index (χ0) is 16.2. The molecule has 2 heterocycles. The summed E-state index contributed by atoms with van der Waals surface area (Å²) >= 11 is 1.08. The minimum atomic E-state index is -0.469. The maximum absolute atomic E-state index is 12.0. The maximum Gasteiger partial charge on any atom is 0.349 e. The fourth-order valence-electron chi connectivity index (χ4n) is 2.06. The molecule has 0 fully saturated rings. The van der Waals surface area contributed by atoms with Crippen LogP contribution in [0.15, 0.2) is 24.4 Å². The zero-order valence-electron chi connectivity index (χ0n) is 12.3. The molecule has 2 aromatic rings. The van der Waals surface area contributed by atoms with Crippen molar-refractivity contribution in [2.24, 2.45) is 0 Å². The van der Waals surface area contributed by atoms with E-state index in [1.165, 1.54) is 13.3 Å². The minimum Gasteiger partial charge on any atom is -0.465 e. The van der Waals surface area contributed by atoms with Crippen LogP contribution in [0.4, 0.5) is 5.13 Å². The lowest BCUT2D eigenvalue weighted by Gasteiger charge is -2.03. The Bertz CT molecular complexity index is 743. The van der Waals surface area contributed by atoms with Gasteiger partial charge in [0.1, 0.15) is 4.88 Å². The van der Waals surface area contributed by atoms with E-state index in [9.17, 15) is 9.59 Å². The molecule has 1 aromatic heterocycles. The molecule has 1 N–H and O–H groups in total. The highest BCUT2D eigenvalue weighted by atomic mass is 32.1. The molecule has 3 rings (SSSR count). The highest BCUT2D eigenvalue weighted by molar-refractivity contribution is 7.17. The Labute approximate surface area is 136 Å². The van der Waals surface area contributed by atoms with Crippen LogP contribution < -0.4 is 14.8 Å². The number of fused-ring (bicyclic) bond motifs is 1. The van der Waals surface area contributed by atoms with E-state index in [0.29, 0.717) is 28.6 Å². The number of thiazole rings is 1. The summed E-state index contributed by atoms with van der Waals surface area (Å²) in [5.74, 6) is 0.777. The molecule has 23 heavy (non-hydrogen) atoms. The van der Waals surface area contributed by atoms with Crippen LogP contribution in [0.2, 0.25) is 0 Å². The first-order chi connectivity index (χ1) is 11.2. The van der Waals surface area contributed by atoms with Crippen LogP contribution in [0, 0.1) is 0 Å². The summed E-state index contributed by atoms with van der Waals surface area (Å²) in [6.07, 6.45) is 2.24. The molecule has 0 unspecified atom stereocenters. The number of hydrogen-bond acceptors (Lipinski definition) is 7. The average Bonchev–Trinajstić information content (AvgIpc) is 3.20. The third kappa shape index (κ3) is 3.59. The topological polar surface area (TPSA) is 86.8 Å². The third-order valence-electron chi connectivity index (χ3n) is 3.22. The molecular formula is C15H14N2O5S. The van der Waals surface area contributed by atoms with Crippen LogP contribution in [-0.4, -0.2) is 30.8 Å². The van der Waals surface area contributed by atoms with Gasteiger partial charge >= 0.3 is 5.97 Å². The van der Waals surface area contributed by atoms with E-state index in [1.54, 1.807) is 0 Å². The Morgan fingerprint density at radius 3 is 3.00 bits per heavy atom. The number of esters is 1. The van der Waals surface area contributed by atoms with Gasteiger partial charge in [0.05, 0.1) is 13.3 Å². The largest absolute Gasteiger partial charge is 0.465 e. The molecule has 0 aliphatic carbocycles. The van der Waals surface area contributed by atoms with Gasteiger partial charge in [-0.1, -0.05) is 17.4 Å². The van der Waals surface area contributed by atoms with Gasteiger partial charge in [0.25, 0.3) is 0 Å². The van der Waals surface area contributed by atoms with E-state index in [1.807, 2.05) is 18.2 Å². The van der Waals surface area contributed by atoms with E-state index in [0.717, 1.165) is 22.6 Å². The maximum atomic E-state index is 12.0. The minimum absolute atomic E-state index is 0.173. The highest BCUT2D eigenvalue weighted by Gasteiger charge is 2.15. The summed E-state index contributed by atoms with van der Waals surface area (Å²) in [6, 6.07) is 5.60. The van der Waals surface area contributed by atoms with Crippen molar-refractivity contribution in [1.82, 2.24) is 4.98 Å². The molecule has 0 saturated carbocycles. The number of carbonyl (C=O) groups excluding carboxylic acids is 2. The number of carbonyl (C=O) groups is 2. The smallest absolute Gasteiger partial charge is 0.349 e. The summed E-state index contributed by atoms with van der Waals surface area (Å²) in [4.78, 5) is 27.6. The SMILES string of the molecule is COC(=O)c1cnc(NC(=O)CCc2ccc3c(c2)OCO3)s1. The van der Waals surface area contributed by atoms with E-state index >= 15 is 0 Å². The first-order valence-corrected chi connectivity index (χ1v) is 7.70. The van der Waals surface area contributed by atoms with Gasteiger partial charge in [-0.3, -0.25) is 4.79 Å².